The fraction of sp³-hybridized carbons (Fsp3) is 0.818. The molecule has 1 unspecified atom stereocenters. The molecule has 0 aliphatic carbocycles. The molecule has 0 fully saturated rings. The molecule has 0 aromatic rings. The second kappa shape index (κ2) is 6.45. The van der Waals surface area contributed by atoms with E-state index in [1.807, 2.05) is 0 Å². The van der Waals surface area contributed by atoms with E-state index in [4.69, 9.17) is 0 Å². The second-order valence-electron chi connectivity index (χ2n) is 3.85. The van der Waals surface area contributed by atoms with Crippen LogP contribution in [0.4, 0.5) is 0 Å². The normalized spacial score (nSPS) is 14.6. The highest BCUT2D eigenvalue weighted by Gasteiger charge is 1.93. The van der Waals surface area contributed by atoms with Gasteiger partial charge in [-0.15, -0.1) is 0 Å². The van der Waals surface area contributed by atoms with E-state index in [2.05, 4.69) is 39.8 Å². The van der Waals surface area contributed by atoms with E-state index in [1.54, 1.807) is 0 Å². The Balaban J connectivity index is 3.29. The van der Waals surface area contributed by atoms with Gasteiger partial charge in [0.25, 0.3) is 0 Å². The monoisotopic (exact) mass is 154 g/mol. The highest BCUT2D eigenvalue weighted by atomic mass is 14.0. The molecule has 0 saturated carbocycles. The first kappa shape index (κ1) is 10.7. The van der Waals surface area contributed by atoms with Crippen molar-refractivity contribution in [2.45, 2.75) is 47.0 Å². The zero-order chi connectivity index (χ0) is 8.69. The van der Waals surface area contributed by atoms with Crippen molar-refractivity contribution < 1.29 is 0 Å². The second-order valence-corrected chi connectivity index (χ2v) is 3.85. The molecule has 0 nitrogen and oxygen atoms in total. The molecule has 0 heterocycles. The Morgan fingerprint density at radius 2 is 1.55 bits per heavy atom. The lowest BCUT2D eigenvalue weighted by Gasteiger charge is -2.02. The highest BCUT2D eigenvalue weighted by molar-refractivity contribution is 4.83. The molecule has 0 N–H and O–H groups in total. The Kier molecular flexibility index (Phi) is 6.30. The van der Waals surface area contributed by atoms with Crippen LogP contribution in [-0.4, -0.2) is 0 Å². The number of rotatable bonds is 5. The van der Waals surface area contributed by atoms with Crippen LogP contribution in [0.2, 0.25) is 0 Å². The van der Waals surface area contributed by atoms with Gasteiger partial charge in [0.2, 0.25) is 0 Å². The van der Waals surface area contributed by atoms with Crippen molar-refractivity contribution in [3.05, 3.63) is 12.2 Å². The van der Waals surface area contributed by atoms with Crippen LogP contribution >= 0.6 is 0 Å². The van der Waals surface area contributed by atoms with E-state index in [1.165, 1.54) is 19.3 Å². The molecule has 1 atom stereocenters. The van der Waals surface area contributed by atoms with Gasteiger partial charge in [-0.2, -0.15) is 0 Å². The summed E-state index contributed by atoms with van der Waals surface area (Å²) < 4.78 is 0. The van der Waals surface area contributed by atoms with Crippen LogP contribution in [0.25, 0.3) is 0 Å². The molecule has 0 heteroatoms. The Bertz CT molecular complexity index is 101. The molecular weight excluding hydrogens is 132 g/mol. The largest absolute Gasteiger partial charge is 0.0883 e. The molecule has 0 saturated heterocycles. The van der Waals surface area contributed by atoms with Gasteiger partial charge in [-0.1, -0.05) is 46.3 Å². The van der Waals surface area contributed by atoms with Gasteiger partial charge in [0, 0.05) is 0 Å². The van der Waals surface area contributed by atoms with Crippen molar-refractivity contribution in [3.8, 4) is 0 Å². The van der Waals surface area contributed by atoms with E-state index in [0.29, 0.717) is 0 Å². The smallest absolute Gasteiger partial charge is 0.0325 e. The lowest BCUT2D eigenvalue weighted by atomic mass is 10.0. The van der Waals surface area contributed by atoms with Gasteiger partial charge in [0.15, 0.2) is 0 Å². The average molecular weight is 154 g/mol. The summed E-state index contributed by atoms with van der Waals surface area (Å²) in [6.45, 7) is 9.07. The van der Waals surface area contributed by atoms with Crippen LogP contribution < -0.4 is 0 Å². The predicted molar refractivity (Wildman–Crippen MR) is 52.7 cm³/mol. The van der Waals surface area contributed by atoms with E-state index in [-0.39, 0.29) is 0 Å². The van der Waals surface area contributed by atoms with Gasteiger partial charge in [-0.25, -0.2) is 0 Å². The first-order chi connectivity index (χ1) is 5.16. The van der Waals surface area contributed by atoms with Crippen LogP contribution in [0.15, 0.2) is 12.2 Å². The van der Waals surface area contributed by atoms with Crippen molar-refractivity contribution in [3.63, 3.8) is 0 Å². The van der Waals surface area contributed by atoms with E-state index >= 15 is 0 Å². The third-order valence-electron chi connectivity index (χ3n) is 2.01. The number of hydrogen-bond acceptors (Lipinski definition) is 0. The van der Waals surface area contributed by atoms with Crippen LogP contribution in [0, 0.1) is 11.8 Å². The van der Waals surface area contributed by atoms with Gasteiger partial charge < -0.3 is 0 Å². The summed E-state index contributed by atoms with van der Waals surface area (Å²) >= 11 is 0. The van der Waals surface area contributed by atoms with Crippen molar-refractivity contribution in [1.29, 1.82) is 0 Å². The minimum absolute atomic E-state index is 0.809. The van der Waals surface area contributed by atoms with Crippen molar-refractivity contribution in [2.24, 2.45) is 11.8 Å². The SMILES string of the molecule is CCC(C)CC=CCC(C)C. The number of allylic oxidation sites excluding steroid dienone is 2. The Morgan fingerprint density at radius 1 is 1.00 bits per heavy atom. The lowest BCUT2D eigenvalue weighted by molar-refractivity contribution is 0.569. The quantitative estimate of drug-likeness (QED) is 0.524. The van der Waals surface area contributed by atoms with Crippen molar-refractivity contribution >= 4 is 0 Å². The molecule has 0 rings (SSSR count). The van der Waals surface area contributed by atoms with E-state index < -0.39 is 0 Å². The van der Waals surface area contributed by atoms with Gasteiger partial charge in [-0.3, -0.25) is 0 Å². The lowest BCUT2D eigenvalue weighted by Crippen LogP contribution is -1.88. The maximum atomic E-state index is 2.33. The highest BCUT2D eigenvalue weighted by Crippen LogP contribution is 2.08. The molecule has 11 heavy (non-hydrogen) atoms. The van der Waals surface area contributed by atoms with Gasteiger partial charge in [-0.05, 0) is 24.7 Å². The van der Waals surface area contributed by atoms with Crippen LogP contribution in [0.3, 0.4) is 0 Å². The van der Waals surface area contributed by atoms with Crippen LogP contribution in [0.5, 0.6) is 0 Å². The standard InChI is InChI=1S/C11H22/c1-5-11(4)9-7-6-8-10(2)3/h6-7,10-11H,5,8-9H2,1-4H3. The summed E-state index contributed by atoms with van der Waals surface area (Å²) in [6.07, 6.45) is 8.43. The Hall–Kier alpha value is -0.260. The summed E-state index contributed by atoms with van der Waals surface area (Å²) in [5.74, 6) is 1.67. The molecule has 66 valence electrons. The summed E-state index contributed by atoms with van der Waals surface area (Å²) in [5.41, 5.74) is 0. The zero-order valence-corrected chi connectivity index (χ0v) is 8.43. The molecule has 0 aliphatic heterocycles. The van der Waals surface area contributed by atoms with Gasteiger partial charge >= 0.3 is 0 Å². The van der Waals surface area contributed by atoms with Gasteiger partial charge in [0.05, 0.1) is 0 Å². The van der Waals surface area contributed by atoms with Crippen LogP contribution in [0.1, 0.15) is 47.0 Å². The number of hydrogen-bond donors (Lipinski definition) is 0. The Labute approximate surface area is 71.7 Å². The summed E-state index contributed by atoms with van der Waals surface area (Å²) in [4.78, 5) is 0. The fourth-order valence-electron chi connectivity index (χ4n) is 0.864. The molecule has 0 radical (unpaired) electrons. The summed E-state index contributed by atoms with van der Waals surface area (Å²) in [5, 5.41) is 0. The third-order valence-corrected chi connectivity index (χ3v) is 2.01. The summed E-state index contributed by atoms with van der Waals surface area (Å²) in [7, 11) is 0. The van der Waals surface area contributed by atoms with Crippen molar-refractivity contribution in [2.75, 3.05) is 0 Å². The third kappa shape index (κ3) is 7.64. The first-order valence-corrected chi connectivity index (χ1v) is 4.81. The Morgan fingerprint density at radius 3 is 2.00 bits per heavy atom. The van der Waals surface area contributed by atoms with Crippen molar-refractivity contribution in [1.82, 2.24) is 0 Å². The predicted octanol–water partition coefficient (Wildman–Crippen LogP) is 4.02. The first-order valence-electron chi connectivity index (χ1n) is 4.81. The molecule has 0 bridgehead atoms. The van der Waals surface area contributed by atoms with Crippen LogP contribution in [-0.2, 0) is 0 Å². The minimum atomic E-state index is 0.809. The van der Waals surface area contributed by atoms with E-state index in [9.17, 15) is 0 Å². The molecule has 0 spiro atoms. The summed E-state index contributed by atoms with van der Waals surface area (Å²) in [6, 6.07) is 0. The van der Waals surface area contributed by atoms with E-state index in [0.717, 1.165) is 11.8 Å². The molecule has 0 amide bonds. The fourth-order valence-corrected chi connectivity index (χ4v) is 0.864. The van der Waals surface area contributed by atoms with Gasteiger partial charge in [0.1, 0.15) is 0 Å². The topological polar surface area (TPSA) is 0 Å². The molecule has 0 aliphatic rings. The maximum Gasteiger partial charge on any atom is -0.0325 e. The average Bonchev–Trinajstić information content (AvgIpc) is 1.97. The maximum absolute atomic E-state index is 2.33. The zero-order valence-electron chi connectivity index (χ0n) is 8.43. The molecule has 0 aromatic carbocycles. The molecular formula is C11H22. The minimum Gasteiger partial charge on any atom is -0.0883 e. The molecule has 0 aromatic heterocycles.